The number of piperidine rings is 1. The van der Waals surface area contributed by atoms with E-state index in [9.17, 15) is 13.2 Å². The number of carbonyl (C=O) groups excluding carboxylic acids is 1. The zero-order valence-electron chi connectivity index (χ0n) is 18.9. The molecule has 2 aromatic rings. The second-order valence-corrected chi connectivity index (χ2v) is 10.3. The van der Waals surface area contributed by atoms with E-state index in [-0.39, 0.29) is 23.6 Å². The number of nitrogens with one attached hydrogen (secondary N) is 1. The average Bonchev–Trinajstić information content (AvgIpc) is 2.79. The van der Waals surface area contributed by atoms with Crippen molar-refractivity contribution in [2.75, 3.05) is 26.8 Å². The molecular weight excluding hydrogens is 428 g/mol. The van der Waals surface area contributed by atoms with Gasteiger partial charge in [-0.3, -0.25) is 4.79 Å². The summed E-state index contributed by atoms with van der Waals surface area (Å²) in [6.45, 7) is 4.94. The number of aryl methyl sites for hydroxylation is 1. The largest absolute Gasteiger partial charge is 0.497 e. The molecule has 0 aromatic heterocycles. The van der Waals surface area contributed by atoms with E-state index in [4.69, 9.17) is 9.47 Å². The van der Waals surface area contributed by atoms with E-state index in [0.29, 0.717) is 38.3 Å². The van der Waals surface area contributed by atoms with Crippen molar-refractivity contribution in [3.05, 3.63) is 59.7 Å². The Labute approximate surface area is 190 Å². The summed E-state index contributed by atoms with van der Waals surface area (Å²) in [6.07, 6.45) is 1.04. The average molecular weight is 461 g/mol. The molecule has 1 N–H and O–H groups in total. The Bertz CT molecular complexity index is 982. The predicted molar refractivity (Wildman–Crippen MR) is 124 cm³/mol. The fourth-order valence-electron chi connectivity index (χ4n) is 3.68. The van der Waals surface area contributed by atoms with Gasteiger partial charge in [-0.1, -0.05) is 29.8 Å². The van der Waals surface area contributed by atoms with Crippen LogP contribution in [0.2, 0.25) is 0 Å². The van der Waals surface area contributed by atoms with Gasteiger partial charge in [0.05, 0.1) is 18.9 Å². The highest BCUT2D eigenvalue weighted by atomic mass is 32.2. The number of nitrogens with zero attached hydrogens (tertiary/aromatic N) is 1. The fraction of sp³-hybridized carbons (Fsp3) is 0.458. The van der Waals surface area contributed by atoms with E-state index < -0.39 is 10.0 Å². The number of sulfonamides is 1. The number of ether oxygens (including phenoxy) is 2. The molecule has 8 heteroatoms. The number of hydrogen-bond donors (Lipinski definition) is 1. The fourth-order valence-corrected chi connectivity index (χ4v) is 5.24. The molecular formula is C24H32N2O5S. The van der Waals surface area contributed by atoms with Gasteiger partial charge in [0.1, 0.15) is 18.1 Å². The van der Waals surface area contributed by atoms with Crippen LogP contribution in [-0.4, -0.2) is 51.5 Å². The van der Waals surface area contributed by atoms with Gasteiger partial charge in [0.2, 0.25) is 15.9 Å². The molecule has 1 aliphatic rings. The lowest BCUT2D eigenvalue weighted by Gasteiger charge is -2.31. The van der Waals surface area contributed by atoms with Crippen LogP contribution in [0.4, 0.5) is 0 Å². The second-order valence-electron chi connectivity index (χ2n) is 8.31. The molecule has 1 unspecified atom stereocenters. The smallest absolute Gasteiger partial charge is 0.223 e. The molecule has 1 heterocycles. The summed E-state index contributed by atoms with van der Waals surface area (Å²) in [7, 11) is -1.78. The molecule has 1 atom stereocenters. The monoisotopic (exact) mass is 460 g/mol. The maximum Gasteiger partial charge on any atom is 0.223 e. The van der Waals surface area contributed by atoms with Crippen molar-refractivity contribution in [2.45, 2.75) is 38.5 Å². The van der Waals surface area contributed by atoms with Gasteiger partial charge in [0, 0.05) is 19.0 Å². The van der Waals surface area contributed by atoms with Gasteiger partial charge in [0.25, 0.3) is 0 Å². The molecule has 1 amide bonds. The summed E-state index contributed by atoms with van der Waals surface area (Å²) < 4.78 is 37.9. The van der Waals surface area contributed by atoms with E-state index in [0.717, 1.165) is 16.9 Å². The molecule has 32 heavy (non-hydrogen) atoms. The summed E-state index contributed by atoms with van der Waals surface area (Å²) in [6, 6.07) is 14.7. The van der Waals surface area contributed by atoms with Crippen molar-refractivity contribution in [1.82, 2.24) is 9.62 Å². The van der Waals surface area contributed by atoms with Crippen LogP contribution < -0.4 is 14.8 Å². The molecule has 0 aliphatic carbocycles. The molecule has 1 aliphatic heterocycles. The lowest BCUT2D eigenvalue weighted by molar-refractivity contribution is -0.126. The number of rotatable bonds is 9. The Morgan fingerprint density at radius 1 is 1.06 bits per heavy atom. The molecule has 1 saturated heterocycles. The molecule has 0 radical (unpaired) electrons. The minimum atomic E-state index is -3.39. The second kappa shape index (κ2) is 10.8. The normalized spacial score (nSPS) is 16.3. The highest BCUT2D eigenvalue weighted by Crippen LogP contribution is 2.22. The summed E-state index contributed by atoms with van der Waals surface area (Å²) in [4.78, 5) is 12.6. The number of carbonyl (C=O) groups is 1. The van der Waals surface area contributed by atoms with Crippen molar-refractivity contribution in [2.24, 2.45) is 5.92 Å². The van der Waals surface area contributed by atoms with Gasteiger partial charge < -0.3 is 14.8 Å². The summed E-state index contributed by atoms with van der Waals surface area (Å²) >= 11 is 0. The van der Waals surface area contributed by atoms with Crippen LogP contribution in [0.3, 0.4) is 0 Å². The minimum Gasteiger partial charge on any atom is -0.497 e. The highest BCUT2D eigenvalue weighted by molar-refractivity contribution is 7.88. The standard InChI is InChI=1S/C24H32N2O5S/c1-18-4-6-20(7-5-18)17-32(28,29)26-14-12-21(13-15-26)24(27)25-19(2)16-31-23-10-8-22(30-3)9-11-23/h4-11,19,21H,12-17H2,1-3H3,(H,25,27). The zero-order chi connectivity index (χ0) is 23.1. The molecule has 0 bridgehead atoms. The van der Waals surface area contributed by atoms with Gasteiger partial charge in [-0.2, -0.15) is 0 Å². The van der Waals surface area contributed by atoms with Gasteiger partial charge in [-0.15, -0.1) is 0 Å². The van der Waals surface area contributed by atoms with Crippen molar-refractivity contribution in [3.8, 4) is 11.5 Å². The van der Waals surface area contributed by atoms with E-state index >= 15 is 0 Å². The van der Waals surface area contributed by atoms with E-state index in [1.807, 2.05) is 62.4 Å². The van der Waals surface area contributed by atoms with Crippen molar-refractivity contribution in [3.63, 3.8) is 0 Å². The lowest BCUT2D eigenvalue weighted by atomic mass is 9.97. The van der Waals surface area contributed by atoms with Crippen LogP contribution in [0.1, 0.15) is 30.9 Å². The Morgan fingerprint density at radius 2 is 1.66 bits per heavy atom. The van der Waals surface area contributed by atoms with E-state index in [2.05, 4.69) is 5.32 Å². The van der Waals surface area contributed by atoms with Crippen LogP contribution in [0.15, 0.2) is 48.5 Å². The quantitative estimate of drug-likeness (QED) is 0.622. The summed E-state index contributed by atoms with van der Waals surface area (Å²) in [5.74, 6) is 1.21. The van der Waals surface area contributed by atoms with Crippen LogP contribution >= 0.6 is 0 Å². The third-order valence-electron chi connectivity index (χ3n) is 5.64. The molecule has 174 valence electrons. The van der Waals surface area contributed by atoms with Crippen LogP contribution in [0, 0.1) is 12.8 Å². The number of hydrogen-bond acceptors (Lipinski definition) is 5. The predicted octanol–water partition coefficient (Wildman–Crippen LogP) is 3.13. The van der Waals surface area contributed by atoms with Crippen molar-refractivity contribution < 1.29 is 22.7 Å². The molecule has 1 fully saturated rings. The zero-order valence-corrected chi connectivity index (χ0v) is 19.7. The Kier molecular flexibility index (Phi) is 8.15. The molecule has 3 rings (SSSR count). The third-order valence-corrected chi connectivity index (χ3v) is 7.49. The van der Waals surface area contributed by atoms with Gasteiger partial charge in [-0.05, 0) is 56.5 Å². The summed E-state index contributed by atoms with van der Waals surface area (Å²) in [5.41, 5.74) is 1.88. The number of amides is 1. The van der Waals surface area contributed by atoms with Gasteiger partial charge in [-0.25, -0.2) is 12.7 Å². The Balaban J connectivity index is 1.43. The molecule has 0 spiro atoms. The SMILES string of the molecule is COc1ccc(OCC(C)NC(=O)C2CCN(S(=O)(=O)Cc3ccc(C)cc3)CC2)cc1. The van der Waals surface area contributed by atoms with Crippen LogP contribution in [0.25, 0.3) is 0 Å². The Morgan fingerprint density at radius 3 is 2.25 bits per heavy atom. The third kappa shape index (κ3) is 6.71. The highest BCUT2D eigenvalue weighted by Gasteiger charge is 2.31. The lowest BCUT2D eigenvalue weighted by Crippen LogP contribution is -2.46. The van der Waals surface area contributed by atoms with E-state index in [1.54, 1.807) is 7.11 Å². The maximum absolute atomic E-state index is 12.8. The minimum absolute atomic E-state index is 0.0100. The topological polar surface area (TPSA) is 84.9 Å². The van der Waals surface area contributed by atoms with Crippen LogP contribution in [-0.2, 0) is 20.6 Å². The molecule has 0 saturated carbocycles. The first-order chi connectivity index (χ1) is 15.3. The van der Waals surface area contributed by atoms with Gasteiger partial charge >= 0.3 is 0 Å². The van der Waals surface area contributed by atoms with Crippen LogP contribution in [0.5, 0.6) is 11.5 Å². The molecule has 7 nitrogen and oxygen atoms in total. The number of methoxy groups -OCH3 is 1. The first-order valence-electron chi connectivity index (χ1n) is 10.9. The van der Waals surface area contributed by atoms with E-state index in [1.165, 1.54) is 4.31 Å². The maximum atomic E-state index is 12.8. The molecule has 2 aromatic carbocycles. The van der Waals surface area contributed by atoms with Gasteiger partial charge in [0.15, 0.2) is 0 Å². The van der Waals surface area contributed by atoms with Crippen molar-refractivity contribution in [1.29, 1.82) is 0 Å². The van der Waals surface area contributed by atoms with Crippen molar-refractivity contribution >= 4 is 15.9 Å². The summed E-state index contributed by atoms with van der Waals surface area (Å²) in [5, 5.41) is 2.98. The number of benzene rings is 2. The first-order valence-corrected chi connectivity index (χ1v) is 12.5. The Hall–Kier alpha value is -2.58. The first kappa shape index (κ1) is 24.1.